The molecular weight excluding hydrogens is 496 g/mol. The number of rotatable bonds is 4. The summed E-state index contributed by atoms with van der Waals surface area (Å²) in [5, 5.41) is 16.3. The Hall–Kier alpha value is -3.50. The Kier molecular flexibility index (Phi) is 6.76. The molecule has 4 heterocycles. The summed E-state index contributed by atoms with van der Waals surface area (Å²) in [7, 11) is 1.82. The van der Waals surface area contributed by atoms with Crippen LogP contribution in [0.1, 0.15) is 43.7 Å². The van der Waals surface area contributed by atoms with Gasteiger partial charge in [0.05, 0.1) is 49.6 Å². The van der Waals surface area contributed by atoms with E-state index in [-0.39, 0.29) is 24.2 Å². The number of carbonyl (C=O) groups is 1. The first-order chi connectivity index (χ1) is 18.9. The second kappa shape index (κ2) is 10.2. The summed E-state index contributed by atoms with van der Waals surface area (Å²) in [6, 6.07) is 11.4. The lowest BCUT2D eigenvalue weighted by atomic mass is 9.66. The maximum atomic E-state index is 13.9. The Labute approximate surface area is 227 Å². The summed E-state index contributed by atoms with van der Waals surface area (Å²) in [5.74, 6) is 0. The number of piperidine rings is 1. The summed E-state index contributed by atoms with van der Waals surface area (Å²) < 4.78 is 8.94. The lowest BCUT2D eigenvalue weighted by Gasteiger charge is -2.53. The van der Waals surface area contributed by atoms with Gasteiger partial charge in [0.2, 0.25) is 0 Å². The van der Waals surface area contributed by atoms with Crippen molar-refractivity contribution in [1.82, 2.24) is 29.1 Å². The topological polar surface area (TPSA) is 106 Å². The number of aliphatic hydroxyl groups is 1. The minimum absolute atomic E-state index is 0.000125. The van der Waals surface area contributed by atoms with Gasteiger partial charge in [-0.15, -0.1) is 0 Å². The minimum Gasteiger partial charge on any atom is -0.387 e. The number of likely N-dealkylation sites (tertiary alicyclic amines) is 1. The zero-order chi connectivity index (χ0) is 27.0. The van der Waals surface area contributed by atoms with Crippen molar-refractivity contribution >= 4 is 6.03 Å². The van der Waals surface area contributed by atoms with E-state index in [1.807, 2.05) is 53.4 Å². The molecule has 39 heavy (non-hydrogen) atoms. The normalized spacial score (nSPS) is 24.8. The molecule has 2 aromatic heterocycles. The zero-order valence-corrected chi connectivity index (χ0v) is 22.4. The highest BCUT2D eigenvalue weighted by Crippen LogP contribution is 2.51. The number of nitrogens with zero attached hydrogens (tertiary/aromatic N) is 6. The molecule has 206 valence electrons. The standard InChI is InChI=1S/C29H36N6O4/c1-32-17-23(16-31-32)24-15-26(36)34(21-30-24)20-29(38)11-12-33(19-28(29)9-5-6-10-28)27(37)35-13-14-39-18-25(35)22-7-3-2-4-8-22/h2-4,7-8,15-17,21,25,38H,5-6,9-14,18-20H2,1H3. The molecule has 10 heteroatoms. The Morgan fingerprint density at radius 2 is 1.95 bits per heavy atom. The van der Waals surface area contributed by atoms with E-state index in [4.69, 9.17) is 4.74 Å². The van der Waals surface area contributed by atoms with Crippen LogP contribution in [0, 0.1) is 5.41 Å². The van der Waals surface area contributed by atoms with Gasteiger partial charge in [0.15, 0.2) is 0 Å². The summed E-state index contributed by atoms with van der Waals surface area (Å²) in [6.45, 7) is 2.62. The van der Waals surface area contributed by atoms with Gasteiger partial charge < -0.3 is 19.6 Å². The Balaban J connectivity index is 1.22. The highest BCUT2D eigenvalue weighted by molar-refractivity contribution is 5.75. The lowest BCUT2D eigenvalue weighted by molar-refractivity contribution is -0.137. The summed E-state index contributed by atoms with van der Waals surface area (Å²) >= 11 is 0. The van der Waals surface area contributed by atoms with Gasteiger partial charge >= 0.3 is 6.03 Å². The fraction of sp³-hybridized carbons (Fsp3) is 0.517. The van der Waals surface area contributed by atoms with Crippen LogP contribution in [-0.4, -0.2) is 78.7 Å². The van der Waals surface area contributed by atoms with Gasteiger partial charge in [-0.05, 0) is 24.8 Å². The number of hydrogen-bond donors (Lipinski definition) is 1. The predicted molar refractivity (Wildman–Crippen MR) is 145 cm³/mol. The second-order valence-electron chi connectivity index (χ2n) is 11.3. The molecule has 0 radical (unpaired) electrons. The first-order valence-corrected chi connectivity index (χ1v) is 13.8. The molecule has 1 aliphatic carbocycles. The molecule has 1 spiro atoms. The van der Waals surface area contributed by atoms with Crippen LogP contribution >= 0.6 is 0 Å². The molecule has 6 rings (SSSR count). The van der Waals surface area contributed by atoms with E-state index >= 15 is 0 Å². The van der Waals surface area contributed by atoms with Crippen molar-refractivity contribution < 1.29 is 14.6 Å². The number of urea groups is 1. The van der Waals surface area contributed by atoms with E-state index in [2.05, 4.69) is 10.1 Å². The molecule has 1 N–H and O–H groups in total. The van der Waals surface area contributed by atoms with E-state index in [9.17, 15) is 14.7 Å². The molecule has 3 aromatic rings. The Morgan fingerprint density at radius 3 is 2.67 bits per heavy atom. The SMILES string of the molecule is Cn1cc(-c2cc(=O)n(CC3(O)CCN(C(=O)N4CCOCC4c4ccccc4)CC34CCCC4)cn2)cn1. The van der Waals surface area contributed by atoms with Crippen molar-refractivity contribution in [3.8, 4) is 11.3 Å². The van der Waals surface area contributed by atoms with Crippen LogP contribution in [-0.2, 0) is 18.3 Å². The third kappa shape index (κ3) is 4.76. The molecule has 10 nitrogen and oxygen atoms in total. The molecule has 0 bridgehead atoms. The summed E-state index contributed by atoms with van der Waals surface area (Å²) in [4.78, 5) is 35.4. The van der Waals surface area contributed by atoms with Crippen LogP contribution < -0.4 is 5.56 Å². The lowest BCUT2D eigenvalue weighted by Crippen LogP contribution is -2.64. The van der Waals surface area contributed by atoms with E-state index in [0.717, 1.165) is 36.8 Å². The van der Waals surface area contributed by atoms with E-state index in [1.54, 1.807) is 10.9 Å². The van der Waals surface area contributed by atoms with Gasteiger partial charge in [-0.25, -0.2) is 9.78 Å². The highest BCUT2D eigenvalue weighted by atomic mass is 16.5. The van der Waals surface area contributed by atoms with Crippen molar-refractivity contribution in [2.45, 2.75) is 50.3 Å². The maximum absolute atomic E-state index is 13.9. The van der Waals surface area contributed by atoms with Crippen molar-refractivity contribution in [3.05, 3.63) is 71.0 Å². The number of carbonyl (C=O) groups excluding carboxylic acids is 1. The zero-order valence-electron chi connectivity index (χ0n) is 22.4. The third-order valence-electron chi connectivity index (χ3n) is 8.98. The molecule has 2 unspecified atom stereocenters. The van der Waals surface area contributed by atoms with Gasteiger partial charge in [-0.1, -0.05) is 43.2 Å². The van der Waals surface area contributed by atoms with Crippen molar-refractivity contribution in [2.24, 2.45) is 12.5 Å². The largest absolute Gasteiger partial charge is 0.387 e. The smallest absolute Gasteiger partial charge is 0.320 e. The van der Waals surface area contributed by atoms with Crippen LogP contribution in [0.15, 0.2) is 59.9 Å². The van der Waals surface area contributed by atoms with E-state index in [1.165, 1.54) is 17.0 Å². The molecular formula is C29H36N6O4. The molecule has 1 saturated carbocycles. The van der Waals surface area contributed by atoms with Crippen LogP contribution in [0.2, 0.25) is 0 Å². The molecule has 3 aliphatic rings. The average molecular weight is 533 g/mol. The predicted octanol–water partition coefficient (Wildman–Crippen LogP) is 2.83. The number of amides is 2. The third-order valence-corrected chi connectivity index (χ3v) is 8.98. The minimum atomic E-state index is -1.11. The number of aryl methyl sites for hydroxylation is 1. The number of morpholine rings is 1. The first-order valence-electron chi connectivity index (χ1n) is 13.8. The summed E-state index contributed by atoms with van der Waals surface area (Å²) in [6.07, 6.45) is 9.09. The molecule has 1 aromatic carbocycles. The Bertz CT molecular complexity index is 1380. The maximum Gasteiger partial charge on any atom is 0.320 e. The quantitative estimate of drug-likeness (QED) is 0.554. The van der Waals surface area contributed by atoms with Crippen LogP contribution in [0.3, 0.4) is 0 Å². The Morgan fingerprint density at radius 1 is 1.15 bits per heavy atom. The monoisotopic (exact) mass is 532 g/mol. The van der Waals surface area contributed by atoms with Crippen LogP contribution in [0.5, 0.6) is 0 Å². The van der Waals surface area contributed by atoms with Crippen molar-refractivity contribution in [3.63, 3.8) is 0 Å². The van der Waals surface area contributed by atoms with Crippen LogP contribution in [0.4, 0.5) is 4.79 Å². The molecule has 2 amide bonds. The van der Waals surface area contributed by atoms with E-state index < -0.39 is 11.0 Å². The van der Waals surface area contributed by atoms with Crippen LogP contribution in [0.25, 0.3) is 11.3 Å². The first kappa shape index (κ1) is 25.8. The number of aromatic nitrogens is 4. The van der Waals surface area contributed by atoms with Gasteiger partial charge in [0, 0.05) is 49.9 Å². The summed E-state index contributed by atoms with van der Waals surface area (Å²) in [5.41, 5.74) is 0.629. The van der Waals surface area contributed by atoms with Gasteiger partial charge in [0.1, 0.15) is 0 Å². The van der Waals surface area contributed by atoms with Crippen molar-refractivity contribution in [1.29, 1.82) is 0 Å². The number of ether oxygens (including phenoxy) is 1. The molecule has 2 atom stereocenters. The second-order valence-corrected chi connectivity index (χ2v) is 11.3. The highest BCUT2D eigenvalue weighted by Gasteiger charge is 2.56. The molecule has 3 fully saturated rings. The molecule has 2 saturated heterocycles. The number of benzene rings is 1. The van der Waals surface area contributed by atoms with Crippen molar-refractivity contribution in [2.75, 3.05) is 32.8 Å². The molecule has 2 aliphatic heterocycles. The van der Waals surface area contributed by atoms with E-state index in [0.29, 0.717) is 45.0 Å². The van der Waals surface area contributed by atoms with Gasteiger partial charge in [-0.2, -0.15) is 5.10 Å². The number of hydrogen-bond acceptors (Lipinski definition) is 6. The average Bonchev–Trinajstić information content (AvgIpc) is 3.62. The van der Waals surface area contributed by atoms with Gasteiger partial charge in [-0.3, -0.25) is 14.0 Å². The fourth-order valence-electron chi connectivity index (χ4n) is 6.77. The fourth-order valence-corrected chi connectivity index (χ4v) is 6.77. The van der Waals surface area contributed by atoms with Gasteiger partial charge in [0.25, 0.3) is 5.56 Å².